The van der Waals surface area contributed by atoms with Crippen LogP contribution < -0.4 is 0 Å². The molecule has 0 radical (unpaired) electrons. The van der Waals surface area contributed by atoms with Gasteiger partial charge in [0, 0.05) is 103 Å². The second-order valence-corrected chi connectivity index (χ2v) is 28.0. The zero-order valence-electron chi connectivity index (χ0n) is 60.4. The van der Waals surface area contributed by atoms with Gasteiger partial charge in [0.2, 0.25) is 0 Å². The minimum absolute atomic E-state index is 0.803. The van der Waals surface area contributed by atoms with E-state index in [-0.39, 0.29) is 0 Å². The van der Waals surface area contributed by atoms with Gasteiger partial charge in [-0.05, 0) is 245 Å². The van der Waals surface area contributed by atoms with Crippen LogP contribution in [0.25, 0.3) is 200 Å². The predicted molar refractivity (Wildman–Crippen MR) is 458 cm³/mol. The molecule has 0 amide bonds. The number of benzene rings is 11. The maximum Gasteiger partial charge on any atom is 0.0963 e. The van der Waals surface area contributed by atoms with Crippen LogP contribution in [-0.4, -0.2) is 53.2 Å². The van der Waals surface area contributed by atoms with Crippen LogP contribution >= 0.6 is 0 Å². The van der Waals surface area contributed by atoms with Crippen molar-refractivity contribution in [3.63, 3.8) is 0 Å². The maximum atomic E-state index is 4.96. The van der Waals surface area contributed by atoms with Gasteiger partial charge in [-0.1, -0.05) is 158 Å². The lowest BCUT2D eigenvalue weighted by Gasteiger charge is -2.12. The van der Waals surface area contributed by atoms with Crippen molar-refractivity contribution in [3.05, 3.63) is 395 Å². The third-order valence-electron chi connectivity index (χ3n) is 21.5. The van der Waals surface area contributed by atoms with Gasteiger partial charge in [-0.25, -0.2) is 4.98 Å². The minimum atomic E-state index is 0.803. The summed E-state index contributed by atoms with van der Waals surface area (Å²) >= 11 is 0. The van der Waals surface area contributed by atoms with Crippen molar-refractivity contribution in [1.29, 1.82) is 0 Å². The maximum absolute atomic E-state index is 4.96. The molecule has 11 heteroatoms. The van der Waals surface area contributed by atoms with E-state index in [0.717, 1.165) is 145 Å². The van der Waals surface area contributed by atoms with Crippen LogP contribution in [0.4, 0.5) is 0 Å². The second-order valence-electron chi connectivity index (χ2n) is 28.0. The molecule has 0 unspecified atom stereocenters. The lowest BCUT2D eigenvalue weighted by atomic mass is 9.96. The number of fused-ring (bicyclic) bond motifs is 12. The quantitative estimate of drug-likeness (QED) is 0.120. The fourth-order valence-electron chi connectivity index (χ4n) is 16.5. The van der Waals surface area contributed by atoms with Gasteiger partial charge in [0.1, 0.15) is 0 Å². The third-order valence-corrected chi connectivity index (χ3v) is 21.5. The van der Waals surface area contributed by atoms with Gasteiger partial charge in [0.15, 0.2) is 0 Å². The molecule has 11 aromatic heterocycles. The van der Waals surface area contributed by atoms with Gasteiger partial charge >= 0.3 is 0 Å². The Balaban J connectivity index is 0.000000141. The van der Waals surface area contributed by atoms with Crippen molar-refractivity contribution >= 4 is 87.5 Å². The number of pyridine rings is 7. The van der Waals surface area contributed by atoms with Gasteiger partial charge in [0.05, 0.1) is 89.3 Å². The average Bonchev–Trinajstić information content (AvgIpc) is 1.58. The molecule has 0 saturated carbocycles. The molecule has 0 fully saturated rings. The molecule has 0 atom stereocenters. The predicted octanol–water partition coefficient (Wildman–Crippen LogP) is 24.9. The van der Waals surface area contributed by atoms with Crippen LogP contribution in [0.2, 0.25) is 0 Å². The first kappa shape index (κ1) is 65.0. The molecule has 0 aliphatic rings. The van der Waals surface area contributed by atoms with E-state index in [4.69, 9.17) is 15.0 Å². The Morgan fingerprint density at radius 3 is 0.929 bits per heavy atom. The van der Waals surface area contributed by atoms with Crippen molar-refractivity contribution in [3.8, 4) is 113 Å². The van der Waals surface area contributed by atoms with E-state index in [9.17, 15) is 0 Å². The molecule has 11 aromatic carbocycles. The number of rotatable bonds is 12. The van der Waals surface area contributed by atoms with Crippen molar-refractivity contribution in [2.24, 2.45) is 0 Å². The van der Waals surface area contributed by atoms with Crippen molar-refractivity contribution in [1.82, 2.24) is 53.2 Å². The van der Waals surface area contributed by atoms with E-state index >= 15 is 0 Å². The second kappa shape index (κ2) is 27.5. The summed E-state index contributed by atoms with van der Waals surface area (Å²) in [6, 6.07) is 126. The highest BCUT2D eigenvalue weighted by atomic mass is 15.0. The molecule has 524 valence electrons. The lowest BCUT2D eigenvalue weighted by molar-refractivity contribution is 1.17. The van der Waals surface area contributed by atoms with Crippen LogP contribution in [-0.2, 0) is 0 Å². The number of para-hydroxylation sites is 4. The SMILES string of the molecule is c1ccc(-n2c3ccccc3c3c(-c4ccc5c(c4)c4ncccc4n5-c4ccc(-c5cc(-c6ccccn6)cc(-c6ccccn6)c5)cc4)cccc32)cc1.c1ccc(-n2c3ccccc3c3c(-c4ccc5c(c4)c4ncccc4n5-c4ccc(-c5cc(-c6ccccn6)nc(-c6ccccn6)c5)cc4)cccc32)cc1. The van der Waals surface area contributed by atoms with Crippen LogP contribution in [0.1, 0.15) is 0 Å². The number of nitrogens with zero attached hydrogens (tertiary/aromatic N) is 11. The highest BCUT2D eigenvalue weighted by molar-refractivity contribution is 6.19. The first-order chi connectivity index (χ1) is 55.6. The van der Waals surface area contributed by atoms with E-state index in [0.29, 0.717) is 0 Å². The molecule has 11 heterocycles. The molecular weight excluding hydrogens is 1370 g/mol. The molecule has 0 N–H and O–H groups in total. The lowest BCUT2D eigenvalue weighted by Crippen LogP contribution is -1.95. The first-order valence-corrected chi connectivity index (χ1v) is 37.6. The van der Waals surface area contributed by atoms with Crippen LogP contribution in [0.15, 0.2) is 395 Å². The minimum Gasteiger partial charge on any atom is -0.309 e. The number of aromatic nitrogens is 11. The molecule has 0 saturated heterocycles. The molecule has 11 nitrogen and oxygen atoms in total. The summed E-state index contributed by atoms with van der Waals surface area (Å²) in [5.41, 5.74) is 31.8. The fourth-order valence-corrected chi connectivity index (χ4v) is 16.5. The summed E-state index contributed by atoms with van der Waals surface area (Å²) in [5, 5.41) is 7.19. The number of hydrogen-bond donors (Lipinski definition) is 0. The Labute approximate surface area is 644 Å². The third kappa shape index (κ3) is 11.3. The fraction of sp³-hybridized carbons (Fsp3) is 0. The molecule has 0 aliphatic heterocycles. The largest absolute Gasteiger partial charge is 0.309 e. The van der Waals surface area contributed by atoms with Gasteiger partial charge in [-0.15, -0.1) is 0 Å². The summed E-state index contributed by atoms with van der Waals surface area (Å²) in [5.74, 6) is 0. The Morgan fingerprint density at radius 1 is 0.170 bits per heavy atom. The van der Waals surface area contributed by atoms with E-state index in [1.165, 1.54) is 54.7 Å². The average molecular weight is 1430 g/mol. The molecule has 0 bridgehead atoms. The Kier molecular flexibility index (Phi) is 15.9. The molecule has 0 aliphatic carbocycles. The highest BCUT2D eigenvalue weighted by Crippen LogP contribution is 2.45. The zero-order valence-corrected chi connectivity index (χ0v) is 60.4. The summed E-state index contributed by atoms with van der Waals surface area (Å²) < 4.78 is 9.39. The Bertz CT molecular complexity index is 6770. The summed E-state index contributed by atoms with van der Waals surface area (Å²) in [4.78, 5) is 33.4. The van der Waals surface area contributed by atoms with Gasteiger partial charge < -0.3 is 18.3 Å². The zero-order chi connectivity index (χ0) is 74.0. The van der Waals surface area contributed by atoms with E-state index < -0.39 is 0 Å². The first-order valence-electron chi connectivity index (χ1n) is 37.6. The monoisotopic (exact) mass is 1430 g/mol. The van der Waals surface area contributed by atoms with Crippen LogP contribution in [0, 0.1) is 0 Å². The van der Waals surface area contributed by atoms with Gasteiger partial charge in [0.25, 0.3) is 0 Å². The van der Waals surface area contributed by atoms with Crippen molar-refractivity contribution in [2.45, 2.75) is 0 Å². The normalized spacial score (nSPS) is 11.6. The smallest absolute Gasteiger partial charge is 0.0963 e. The van der Waals surface area contributed by atoms with Gasteiger partial charge in [-0.2, -0.15) is 0 Å². The molecule has 22 rings (SSSR count). The van der Waals surface area contributed by atoms with Crippen molar-refractivity contribution < 1.29 is 0 Å². The van der Waals surface area contributed by atoms with Gasteiger partial charge in [-0.3, -0.25) is 29.9 Å². The summed E-state index contributed by atoms with van der Waals surface area (Å²) in [6.45, 7) is 0. The Hall–Kier alpha value is -15.3. The standard InChI is InChI=1S/C51H33N5.C50H32N6/c1-2-12-39(13-3-1)55-46-18-5-4-14-42(46)50-41(15-10-19-48(50)55)35-23-26-47-43(33-35)51-49(20-11-29-54-51)56(47)40-24-21-34(22-25-40)36-30-37(44-16-6-8-27-52-44)32-38(31-36)45-17-7-9-28-53-45;1-2-12-36(13-3-1)55-45-18-5-4-14-39(45)49-38(15-10-19-47(49)55)34-23-26-46-40(30-34)50-48(20-11-29-53-50)56(46)37-24-21-33(22-25-37)35-31-43(41-16-6-8-27-51-41)54-44(32-35)42-17-7-9-28-52-42/h1-33H;1-32H. The van der Waals surface area contributed by atoms with Crippen LogP contribution in [0.3, 0.4) is 0 Å². The molecule has 22 aromatic rings. The molecular formula is C101H65N11. The summed E-state index contributed by atoms with van der Waals surface area (Å²) in [7, 11) is 0. The Morgan fingerprint density at radius 2 is 0.500 bits per heavy atom. The topological polar surface area (TPSA) is 110 Å². The highest BCUT2D eigenvalue weighted by Gasteiger charge is 2.23. The van der Waals surface area contributed by atoms with E-state index in [1.54, 1.807) is 12.4 Å². The van der Waals surface area contributed by atoms with Crippen molar-refractivity contribution in [2.75, 3.05) is 0 Å². The van der Waals surface area contributed by atoms with Crippen LogP contribution in [0.5, 0.6) is 0 Å². The number of hydrogen-bond acceptors (Lipinski definition) is 7. The molecule has 0 spiro atoms. The van der Waals surface area contributed by atoms with E-state index in [2.05, 4.69) is 323 Å². The summed E-state index contributed by atoms with van der Waals surface area (Å²) in [6.07, 6.45) is 11.1. The van der Waals surface area contributed by atoms with E-state index in [1.807, 2.05) is 97.6 Å². The molecule has 112 heavy (non-hydrogen) atoms.